The van der Waals surface area contributed by atoms with E-state index in [0.717, 1.165) is 46.3 Å². The van der Waals surface area contributed by atoms with Crippen molar-refractivity contribution < 1.29 is 9.90 Å². The number of hydrogen-bond donors (Lipinski definition) is 2. The van der Waals surface area contributed by atoms with Crippen molar-refractivity contribution in [3.8, 4) is 16.9 Å². The van der Waals surface area contributed by atoms with Gasteiger partial charge in [-0.3, -0.25) is 4.90 Å². The summed E-state index contributed by atoms with van der Waals surface area (Å²) >= 11 is 0. The second-order valence-corrected chi connectivity index (χ2v) is 9.48. The number of hydrazone groups is 1. The van der Waals surface area contributed by atoms with Gasteiger partial charge in [0.05, 0.1) is 17.9 Å². The smallest absolute Gasteiger partial charge is 0.345 e. The molecule has 1 aliphatic rings. The molecule has 0 saturated heterocycles. The summed E-state index contributed by atoms with van der Waals surface area (Å²) in [5, 5.41) is 16.0. The number of phenolic OH excluding ortho intramolecular Hbond substituents is 1. The number of carbonyl (C=O) groups excluding carboxylic acids is 1. The van der Waals surface area contributed by atoms with Crippen LogP contribution in [0.2, 0.25) is 0 Å². The van der Waals surface area contributed by atoms with E-state index >= 15 is 0 Å². The largest absolute Gasteiger partial charge is 0.508 e. The van der Waals surface area contributed by atoms with Crippen molar-refractivity contribution in [2.75, 3.05) is 18.0 Å². The molecule has 3 N–H and O–H groups in total. The number of aromatic hydroxyl groups is 1. The van der Waals surface area contributed by atoms with E-state index in [0.29, 0.717) is 25.3 Å². The number of anilines is 1. The van der Waals surface area contributed by atoms with Gasteiger partial charge in [0.25, 0.3) is 0 Å². The van der Waals surface area contributed by atoms with Crippen molar-refractivity contribution in [3.05, 3.63) is 126 Å². The highest BCUT2D eigenvalue weighted by molar-refractivity contribution is 6.17. The highest BCUT2D eigenvalue weighted by Crippen LogP contribution is 2.29. The molecule has 40 heavy (non-hydrogen) atoms. The number of nitrogens with zero attached hydrogens (tertiary/aromatic N) is 3. The van der Waals surface area contributed by atoms with Gasteiger partial charge in [0.1, 0.15) is 5.75 Å². The second kappa shape index (κ2) is 13.6. The number of nitrogens with two attached hydrogens (primary N) is 1. The molecule has 0 bridgehead atoms. The number of phenols is 1. The minimum Gasteiger partial charge on any atom is -0.508 e. The molecule has 6 nitrogen and oxygen atoms in total. The normalized spacial score (nSPS) is 13.0. The first-order valence-electron chi connectivity index (χ1n) is 13.2. The van der Waals surface area contributed by atoms with Crippen LogP contribution in [0.3, 0.4) is 0 Å². The average Bonchev–Trinajstić information content (AvgIpc) is 3.08. The van der Waals surface area contributed by atoms with Gasteiger partial charge in [0.15, 0.2) is 0 Å². The Morgan fingerprint density at radius 3 is 2.17 bits per heavy atom. The SMILES string of the molecule is Cl.NCCCCN1N=C(/C=C/c2ccc(O)cc2)c2ccccc2N(Cc2ccc(-c3ccccc3)cc2)C1=O. The van der Waals surface area contributed by atoms with Gasteiger partial charge in [-0.1, -0.05) is 91.0 Å². The number of allylic oxidation sites excluding steroid dienone is 1. The fraction of sp³-hybridized carbons (Fsp3) is 0.152. The fourth-order valence-corrected chi connectivity index (χ4v) is 4.60. The predicted molar refractivity (Wildman–Crippen MR) is 166 cm³/mol. The second-order valence-electron chi connectivity index (χ2n) is 9.48. The summed E-state index contributed by atoms with van der Waals surface area (Å²) in [6, 6.07) is 33.3. The van der Waals surface area contributed by atoms with Crippen molar-refractivity contribution >= 4 is 35.9 Å². The molecule has 0 saturated carbocycles. The van der Waals surface area contributed by atoms with E-state index in [4.69, 9.17) is 10.8 Å². The van der Waals surface area contributed by atoms with Gasteiger partial charge in [-0.25, -0.2) is 9.80 Å². The maximum absolute atomic E-state index is 13.9. The summed E-state index contributed by atoms with van der Waals surface area (Å²) in [5.74, 6) is 0.216. The Hall–Kier alpha value is -4.39. The molecule has 4 aromatic rings. The molecule has 5 rings (SSSR count). The van der Waals surface area contributed by atoms with Crippen molar-refractivity contribution in [2.24, 2.45) is 10.8 Å². The van der Waals surface area contributed by atoms with E-state index in [-0.39, 0.29) is 24.2 Å². The summed E-state index contributed by atoms with van der Waals surface area (Å²) in [6.07, 6.45) is 5.44. The van der Waals surface area contributed by atoms with E-state index in [1.165, 1.54) is 0 Å². The van der Waals surface area contributed by atoms with Crippen LogP contribution in [0.5, 0.6) is 5.75 Å². The molecule has 0 unspecified atom stereocenters. The number of fused-ring (bicyclic) bond motifs is 1. The molecule has 0 spiro atoms. The standard InChI is InChI=1S/C33H32N4O2.ClH/c34-22-6-7-23-37-33(39)36(24-26-12-17-28(18-13-26)27-8-2-1-3-9-27)32-11-5-4-10-30(32)31(35-37)21-16-25-14-19-29(38)20-15-25;/h1-5,8-21,38H,6-7,22-24,34H2;1H/b21-16+;. The van der Waals surface area contributed by atoms with Gasteiger partial charge in [-0.05, 0) is 65.9 Å². The summed E-state index contributed by atoms with van der Waals surface area (Å²) < 4.78 is 0. The molecule has 4 aromatic carbocycles. The van der Waals surface area contributed by atoms with E-state index in [9.17, 15) is 9.90 Å². The summed E-state index contributed by atoms with van der Waals surface area (Å²) in [4.78, 5) is 15.7. The van der Waals surface area contributed by atoms with Crippen molar-refractivity contribution in [3.63, 3.8) is 0 Å². The van der Waals surface area contributed by atoms with Gasteiger partial charge >= 0.3 is 6.03 Å². The lowest BCUT2D eigenvalue weighted by Crippen LogP contribution is -2.40. The summed E-state index contributed by atoms with van der Waals surface area (Å²) in [7, 11) is 0. The van der Waals surface area contributed by atoms with Crippen LogP contribution in [0, 0.1) is 0 Å². The molecule has 1 aliphatic heterocycles. The molecule has 0 fully saturated rings. The van der Waals surface area contributed by atoms with Crippen LogP contribution >= 0.6 is 12.4 Å². The lowest BCUT2D eigenvalue weighted by molar-refractivity contribution is 0.206. The minimum atomic E-state index is -0.167. The monoisotopic (exact) mass is 552 g/mol. The number of halogens is 1. The number of benzene rings is 4. The first kappa shape index (κ1) is 28.6. The van der Waals surface area contributed by atoms with Crippen molar-refractivity contribution in [1.29, 1.82) is 0 Å². The quantitative estimate of drug-likeness (QED) is 0.218. The number of carbonyl (C=O) groups is 1. The number of amides is 2. The Morgan fingerprint density at radius 2 is 1.45 bits per heavy atom. The molecule has 0 atom stereocenters. The number of rotatable bonds is 9. The summed E-state index contributed by atoms with van der Waals surface area (Å²) in [5.41, 5.74) is 12.4. The Bertz CT molecular complexity index is 1470. The van der Waals surface area contributed by atoms with Crippen LogP contribution in [0.15, 0.2) is 114 Å². The van der Waals surface area contributed by atoms with E-state index in [1.54, 1.807) is 22.0 Å². The van der Waals surface area contributed by atoms with Crippen LogP contribution in [-0.4, -0.2) is 34.9 Å². The predicted octanol–water partition coefficient (Wildman–Crippen LogP) is 7.08. The maximum atomic E-state index is 13.9. The first-order valence-corrected chi connectivity index (χ1v) is 13.2. The van der Waals surface area contributed by atoms with E-state index in [2.05, 4.69) is 36.4 Å². The van der Waals surface area contributed by atoms with E-state index in [1.807, 2.05) is 66.7 Å². The molecule has 7 heteroatoms. The van der Waals surface area contributed by atoms with Gasteiger partial charge in [-0.2, -0.15) is 5.10 Å². The third kappa shape index (κ3) is 6.78. The molecule has 0 radical (unpaired) electrons. The molecular weight excluding hydrogens is 520 g/mol. The zero-order valence-corrected chi connectivity index (χ0v) is 23.0. The Balaban J connectivity index is 0.00000370. The number of urea groups is 1. The third-order valence-corrected chi connectivity index (χ3v) is 6.70. The molecule has 0 aliphatic carbocycles. The van der Waals surface area contributed by atoms with Crippen molar-refractivity contribution in [1.82, 2.24) is 5.01 Å². The van der Waals surface area contributed by atoms with Crippen LogP contribution in [-0.2, 0) is 6.54 Å². The van der Waals surface area contributed by atoms with Crippen molar-refractivity contribution in [2.45, 2.75) is 19.4 Å². The average molecular weight is 553 g/mol. The first-order chi connectivity index (χ1) is 19.1. The van der Waals surface area contributed by atoms with Crippen LogP contribution in [0.4, 0.5) is 10.5 Å². The van der Waals surface area contributed by atoms with Crippen LogP contribution in [0.1, 0.15) is 29.5 Å². The molecule has 1 heterocycles. The third-order valence-electron chi connectivity index (χ3n) is 6.70. The highest BCUT2D eigenvalue weighted by Gasteiger charge is 2.29. The number of hydrogen-bond acceptors (Lipinski definition) is 4. The van der Waals surface area contributed by atoms with Gasteiger partial charge in [0, 0.05) is 12.1 Å². The Labute approximate surface area is 241 Å². The van der Waals surface area contributed by atoms with Crippen LogP contribution in [0.25, 0.3) is 17.2 Å². The van der Waals surface area contributed by atoms with Gasteiger partial charge in [-0.15, -0.1) is 12.4 Å². The molecular formula is C33H33ClN4O2. The molecule has 0 aromatic heterocycles. The van der Waals surface area contributed by atoms with Gasteiger partial charge < -0.3 is 10.8 Å². The number of para-hydroxylation sites is 1. The maximum Gasteiger partial charge on any atom is 0.345 e. The highest BCUT2D eigenvalue weighted by atomic mass is 35.5. The molecule has 204 valence electrons. The molecule has 2 amide bonds. The lowest BCUT2D eigenvalue weighted by Gasteiger charge is -2.26. The Morgan fingerprint density at radius 1 is 0.775 bits per heavy atom. The van der Waals surface area contributed by atoms with Crippen LogP contribution < -0.4 is 10.6 Å². The number of unbranched alkanes of at least 4 members (excludes halogenated alkanes) is 1. The van der Waals surface area contributed by atoms with E-state index < -0.39 is 0 Å². The zero-order valence-electron chi connectivity index (χ0n) is 22.2. The topological polar surface area (TPSA) is 82.2 Å². The summed E-state index contributed by atoms with van der Waals surface area (Å²) in [6.45, 7) is 1.46. The zero-order chi connectivity index (χ0) is 27.0. The van der Waals surface area contributed by atoms with Gasteiger partial charge in [0.2, 0.25) is 0 Å². The Kier molecular flexibility index (Phi) is 9.73. The fourth-order valence-electron chi connectivity index (χ4n) is 4.60. The lowest BCUT2D eigenvalue weighted by atomic mass is 10.0. The minimum absolute atomic E-state index is 0.